The molecule has 0 N–H and O–H groups in total. The topological polar surface area (TPSA) is 0 Å². The fourth-order valence-electron chi connectivity index (χ4n) is 0. The second-order valence-electron chi connectivity index (χ2n) is 0. The molecule has 0 spiro atoms. The Balaban J connectivity index is 0. The molecule has 0 nitrogen and oxygen atoms in total. The molecule has 0 aromatic heterocycles. The first kappa shape index (κ1) is 26.5. The zero-order valence-corrected chi connectivity index (χ0v) is 9.85. The number of hydrogen-bond acceptors (Lipinski definition) is 0. The fraction of sp³-hybridized carbons (Fsp3) is 0. The molecule has 0 unspecified atom stereocenters. The Hall–Kier alpha value is 3.34. The number of rotatable bonds is 0. The Morgan fingerprint density at radius 3 is 1.00 bits per heavy atom. The van der Waals surface area contributed by atoms with Crippen LogP contribution in [0, 0.1) is 0 Å². The van der Waals surface area contributed by atoms with Gasteiger partial charge in [-0.1, -0.05) is 0 Å². The standard InChI is InChI=1S/K.Na.H2S.S/h;;1H2;/q2*+1;;-2. The molecule has 0 aromatic rings. The maximum absolute atomic E-state index is 0. The van der Waals surface area contributed by atoms with Crippen LogP contribution < -0.4 is 80.9 Å². The van der Waals surface area contributed by atoms with Gasteiger partial charge in [0.2, 0.25) is 0 Å². The first-order valence-electron chi connectivity index (χ1n) is 0. The summed E-state index contributed by atoms with van der Waals surface area (Å²) in [5, 5.41) is 0. The Morgan fingerprint density at radius 2 is 1.00 bits per heavy atom. The van der Waals surface area contributed by atoms with Gasteiger partial charge in [-0.2, -0.15) is 13.5 Å². The van der Waals surface area contributed by atoms with Crippen LogP contribution in [0.3, 0.4) is 0 Å². The average molecular weight is 128 g/mol. The molecule has 0 aliphatic heterocycles. The normalized spacial score (nSPS) is 0. The molecule has 0 aliphatic rings. The van der Waals surface area contributed by atoms with Crippen molar-refractivity contribution in [1.29, 1.82) is 0 Å². The molecule has 4 heavy (non-hydrogen) atoms. The summed E-state index contributed by atoms with van der Waals surface area (Å²) >= 11 is 0. The maximum atomic E-state index is 0. The van der Waals surface area contributed by atoms with Crippen molar-refractivity contribution in [2.24, 2.45) is 0 Å². The SMILES string of the molecule is S.[K+].[Na+].[S-2]. The maximum Gasteiger partial charge on any atom is 1.00 e. The molecule has 16 valence electrons. The van der Waals surface area contributed by atoms with Gasteiger partial charge < -0.3 is 13.5 Å². The summed E-state index contributed by atoms with van der Waals surface area (Å²) in [7, 11) is 0. The van der Waals surface area contributed by atoms with E-state index >= 15 is 0 Å². The van der Waals surface area contributed by atoms with Gasteiger partial charge in [0.1, 0.15) is 0 Å². The van der Waals surface area contributed by atoms with Gasteiger partial charge in [0.05, 0.1) is 0 Å². The summed E-state index contributed by atoms with van der Waals surface area (Å²) in [6.07, 6.45) is 0. The molecule has 0 heterocycles. The molecule has 0 fully saturated rings. The third-order valence-corrected chi connectivity index (χ3v) is 0. The zero-order valence-electron chi connectivity index (χ0n) is 2.91. The van der Waals surface area contributed by atoms with Crippen molar-refractivity contribution < 1.29 is 80.9 Å². The van der Waals surface area contributed by atoms with Crippen molar-refractivity contribution in [3.05, 3.63) is 0 Å². The molecule has 0 radical (unpaired) electrons. The Morgan fingerprint density at radius 1 is 1.00 bits per heavy atom. The van der Waals surface area contributed by atoms with E-state index in [9.17, 15) is 0 Å². The van der Waals surface area contributed by atoms with Gasteiger partial charge in [-0.05, 0) is 0 Å². The van der Waals surface area contributed by atoms with Gasteiger partial charge in [0, 0.05) is 0 Å². The van der Waals surface area contributed by atoms with Gasteiger partial charge in [0.15, 0.2) is 0 Å². The summed E-state index contributed by atoms with van der Waals surface area (Å²) in [6, 6.07) is 0. The zero-order chi connectivity index (χ0) is 0. The monoisotopic (exact) mass is 128 g/mol. The van der Waals surface area contributed by atoms with Crippen LogP contribution in [-0.2, 0) is 13.5 Å². The van der Waals surface area contributed by atoms with E-state index in [0.717, 1.165) is 0 Å². The molecule has 0 rings (SSSR count). The first-order chi connectivity index (χ1) is 0. The molecule has 0 saturated heterocycles. The Kier molecular flexibility index (Phi) is 107. The van der Waals surface area contributed by atoms with E-state index in [-0.39, 0.29) is 108 Å². The minimum atomic E-state index is 0. The molecular formula is H2KNaS2. The van der Waals surface area contributed by atoms with Crippen LogP contribution in [0.1, 0.15) is 0 Å². The van der Waals surface area contributed by atoms with Crippen LogP contribution in [0.25, 0.3) is 0 Å². The fourth-order valence-corrected chi connectivity index (χ4v) is 0. The molecule has 0 aliphatic carbocycles. The van der Waals surface area contributed by atoms with Crippen molar-refractivity contribution in [3.8, 4) is 0 Å². The predicted octanol–water partition coefficient (Wildman–Crippen LogP) is -5.88. The van der Waals surface area contributed by atoms with Crippen molar-refractivity contribution in [2.45, 2.75) is 0 Å². The van der Waals surface area contributed by atoms with Crippen LogP contribution in [0.15, 0.2) is 0 Å². The van der Waals surface area contributed by atoms with Gasteiger partial charge in [-0.3, -0.25) is 0 Å². The average Bonchev–Trinajstić information content (AvgIpc) is 0. The molecule has 0 bridgehead atoms. The molecule has 4 heteroatoms. The van der Waals surface area contributed by atoms with E-state index in [1.54, 1.807) is 0 Å². The van der Waals surface area contributed by atoms with E-state index in [1.165, 1.54) is 0 Å². The van der Waals surface area contributed by atoms with Gasteiger partial charge >= 0.3 is 80.9 Å². The molecular weight excluding hydrogens is 126 g/mol. The van der Waals surface area contributed by atoms with E-state index in [1.807, 2.05) is 0 Å². The minimum absolute atomic E-state index is 0. The van der Waals surface area contributed by atoms with E-state index in [0.29, 0.717) is 0 Å². The second kappa shape index (κ2) is 16.2. The van der Waals surface area contributed by atoms with Crippen molar-refractivity contribution in [3.63, 3.8) is 0 Å². The van der Waals surface area contributed by atoms with Gasteiger partial charge in [-0.25, -0.2) is 0 Å². The van der Waals surface area contributed by atoms with E-state index in [2.05, 4.69) is 0 Å². The third kappa shape index (κ3) is 9.01. The Labute approximate surface area is 105 Å². The molecule has 0 aromatic carbocycles. The van der Waals surface area contributed by atoms with Crippen molar-refractivity contribution >= 4 is 27.0 Å². The molecule has 0 atom stereocenters. The summed E-state index contributed by atoms with van der Waals surface area (Å²) in [4.78, 5) is 0. The summed E-state index contributed by atoms with van der Waals surface area (Å²) < 4.78 is 0. The van der Waals surface area contributed by atoms with Crippen LogP contribution in [-0.4, -0.2) is 0 Å². The predicted molar refractivity (Wildman–Crippen MR) is 17.7 cm³/mol. The molecule has 0 amide bonds. The quantitative estimate of drug-likeness (QED) is 0.285. The summed E-state index contributed by atoms with van der Waals surface area (Å²) in [5.41, 5.74) is 0. The largest absolute Gasteiger partial charge is 2.00 e. The van der Waals surface area contributed by atoms with Gasteiger partial charge in [-0.15, -0.1) is 0 Å². The van der Waals surface area contributed by atoms with E-state index in [4.69, 9.17) is 0 Å². The van der Waals surface area contributed by atoms with Crippen molar-refractivity contribution in [1.82, 2.24) is 0 Å². The smallest absolute Gasteiger partial charge is 1.00 e. The van der Waals surface area contributed by atoms with Crippen LogP contribution in [0.4, 0.5) is 0 Å². The van der Waals surface area contributed by atoms with Crippen LogP contribution >= 0.6 is 13.5 Å². The Bertz CT molecular complexity index is 6.00. The second-order valence-corrected chi connectivity index (χ2v) is 0. The van der Waals surface area contributed by atoms with Crippen LogP contribution in [0.5, 0.6) is 0 Å². The van der Waals surface area contributed by atoms with Gasteiger partial charge in [0.25, 0.3) is 0 Å². The third-order valence-electron chi connectivity index (χ3n) is 0. The summed E-state index contributed by atoms with van der Waals surface area (Å²) in [5.74, 6) is 0. The first-order valence-corrected chi connectivity index (χ1v) is 0. The van der Waals surface area contributed by atoms with E-state index < -0.39 is 0 Å². The minimum Gasteiger partial charge on any atom is -2.00 e. The summed E-state index contributed by atoms with van der Waals surface area (Å²) in [6.45, 7) is 0. The van der Waals surface area contributed by atoms with Crippen molar-refractivity contribution in [2.75, 3.05) is 0 Å². The van der Waals surface area contributed by atoms with Crippen LogP contribution in [0.2, 0.25) is 0 Å². The molecule has 0 saturated carbocycles. The number of hydrogen-bond donors (Lipinski definition) is 0.